The van der Waals surface area contributed by atoms with Crippen LogP contribution in [-0.2, 0) is 12.8 Å². The lowest BCUT2D eigenvalue weighted by molar-refractivity contribution is 0.335. The highest BCUT2D eigenvalue weighted by Gasteiger charge is 2.11. The Kier molecular flexibility index (Phi) is 4.74. The van der Waals surface area contributed by atoms with Crippen LogP contribution in [0.2, 0.25) is 0 Å². The maximum Gasteiger partial charge on any atom is 0.294 e. The molecule has 0 radical (unpaired) electrons. The fraction of sp³-hybridized carbons (Fsp3) is 0.267. The summed E-state index contributed by atoms with van der Waals surface area (Å²) in [7, 11) is 2.03. The SMILES string of the molecule is CCOc1nnc(CSc2ncc(-c3ccccc3)n2C)s1. The van der Waals surface area contributed by atoms with Crippen LogP contribution in [0.5, 0.6) is 5.19 Å². The van der Waals surface area contributed by atoms with Gasteiger partial charge in [0.15, 0.2) is 5.16 Å². The van der Waals surface area contributed by atoms with E-state index in [-0.39, 0.29) is 0 Å². The molecular weight excluding hydrogens is 316 g/mol. The zero-order valence-corrected chi connectivity index (χ0v) is 14.0. The predicted octanol–water partition coefficient (Wildman–Crippen LogP) is 3.63. The van der Waals surface area contributed by atoms with E-state index in [1.807, 2.05) is 38.4 Å². The van der Waals surface area contributed by atoms with Crippen LogP contribution < -0.4 is 4.74 Å². The van der Waals surface area contributed by atoms with Crippen LogP contribution in [0.25, 0.3) is 11.3 Å². The number of hydrogen-bond donors (Lipinski definition) is 0. The van der Waals surface area contributed by atoms with Crippen LogP contribution in [0.1, 0.15) is 11.9 Å². The summed E-state index contributed by atoms with van der Waals surface area (Å²) in [5, 5.41) is 10.7. The Bertz CT molecular complexity index is 739. The van der Waals surface area contributed by atoms with Gasteiger partial charge in [0.2, 0.25) is 0 Å². The molecule has 0 fully saturated rings. The van der Waals surface area contributed by atoms with Gasteiger partial charge >= 0.3 is 0 Å². The second-order valence-corrected chi connectivity index (χ2v) is 6.50. The van der Waals surface area contributed by atoms with E-state index in [0.717, 1.165) is 21.6 Å². The molecule has 0 spiro atoms. The molecule has 3 rings (SSSR count). The van der Waals surface area contributed by atoms with Crippen molar-refractivity contribution in [3.8, 4) is 16.5 Å². The fourth-order valence-electron chi connectivity index (χ4n) is 2.01. The second-order valence-electron chi connectivity index (χ2n) is 4.53. The Hall–Kier alpha value is -1.86. The molecule has 7 heteroatoms. The van der Waals surface area contributed by atoms with Gasteiger partial charge in [-0.05, 0) is 12.5 Å². The maximum absolute atomic E-state index is 5.34. The average Bonchev–Trinajstić information content (AvgIpc) is 3.13. The van der Waals surface area contributed by atoms with Gasteiger partial charge in [-0.15, -0.1) is 10.2 Å². The monoisotopic (exact) mass is 332 g/mol. The van der Waals surface area contributed by atoms with Gasteiger partial charge in [0, 0.05) is 7.05 Å². The van der Waals surface area contributed by atoms with Crippen molar-refractivity contribution in [1.82, 2.24) is 19.7 Å². The summed E-state index contributed by atoms with van der Waals surface area (Å²) < 4.78 is 7.44. The third kappa shape index (κ3) is 3.31. The number of nitrogens with zero attached hydrogens (tertiary/aromatic N) is 4. The third-order valence-corrected chi connectivity index (χ3v) is 5.13. The zero-order valence-electron chi connectivity index (χ0n) is 12.4. The van der Waals surface area contributed by atoms with Crippen molar-refractivity contribution in [3.05, 3.63) is 41.5 Å². The molecule has 0 N–H and O–H groups in total. The molecule has 0 bridgehead atoms. The van der Waals surface area contributed by atoms with E-state index >= 15 is 0 Å². The number of thioether (sulfide) groups is 1. The Labute approximate surface area is 137 Å². The normalized spacial score (nSPS) is 10.8. The summed E-state index contributed by atoms with van der Waals surface area (Å²) in [5.41, 5.74) is 2.27. The topological polar surface area (TPSA) is 52.8 Å². The van der Waals surface area contributed by atoms with Crippen molar-refractivity contribution in [2.45, 2.75) is 17.8 Å². The van der Waals surface area contributed by atoms with Gasteiger partial charge in [-0.3, -0.25) is 0 Å². The van der Waals surface area contributed by atoms with Crippen molar-refractivity contribution in [2.75, 3.05) is 6.61 Å². The molecular formula is C15H16N4OS2. The Morgan fingerprint density at radius 1 is 1.23 bits per heavy atom. The minimum atomic E-state index is 0.613. The smallest absolute Gasteiger partial charge is 0.294 e. The lowest BCUT2D eigenvalue weighted by atomic mass is 10.2. The summed E-state index contributed by atoms with van der Waals surface area (Å²) >= 11 is 3.13. The van der Waals surface area contributed by atoms with Gasteiger partial charge < -0.3 is 9.30 Å². The molecule has 0 aliphatic rings. The Balaban J connectivity index is 1.69. The first-order valence-corrected chi connectivity index (χ1v) is 8.73. The lowest BCUT2D eigenvalue weighted by Crippen LogP contribution is -1.94. The summed E-state index contributed by atoms with van der Waals surface area (Å²) in [6.07, 6.45) is 1.91. The van der Waals surface area contributed by atoms with Gasteiger partial charge in [0.05, 0.1) is 24.3 Å². The Morgan fingerprint density at radius 3 is 2.82 bits per heavy atom. The molecule has 2 aromatic heterocycles. The summed E-state index contributed by atoms with van der Waals surface area (Å²) in [5.74, 6) is 0.740. The number of hydrogen-bond acceptors (Lipinski definition) is 6. The van der Waals surface area contributed by atoms with Crippen LogP contribution in [-0.4, -0.2) is 26.4 Å². The van der Waals surface area contributed by atoms with Gasteiger partial charge in [0.25, 0.3) is 5.19 Å². The zero-order chi connectivity index (χ0) is 15.4. The molecule has 114 valence electrons. The van der Waals surface area contributed by atoms with Crippen LogP contribution in [0.3, 0.4) is 0 Å². The minimum Gasteiger partial charge on any atom is -0.469 e. The second kappa shape index (κ2) is 6.93. The molecule has 5 nitrogen and oxygen atoms in total. The highest BCUT2D eigenvalue weighted by atomic mass is 32.2. The van der Waals surface area contributed by atoms with Crippen molar-refractivity contribution >= 4 is 23.1 Å². The van der Waals surface area contributed by atoms with Crippen LogP contribution >= 0.6 is 23.1 Å². The minimum absolute atomic E-state index is 0.613. The standard InChI is InChI=1S/C15H16N4OS2/c1-3-20-15-18-17-13(22-15)10-21-14-16-9-12(19(14)2)11-7-5-4-6-8-11/h4-9H,3,10H2,1-2H3. The van der Waals surface area contributed by atoms with Gasteiger partial charge in [-0.2, -0.15) is 0 Å². The largest absolute Gasteiger partial charge is 0.469 e. The lowest BCUT2D eigenvalue weighted by Gasteiger charge is -2.04. The van der Waals surface area contributed by atoms with Crippen molar-refractivity contribution in [2.24, 2.45) is 7.05 Å². The molecule has 1 aromatic carbocycles. The van der Waals surface area contributed by atoms with Gasteiger partial charge in [-0.25, -0.2) is 4.98 Å². The first kappa shape index (κ1) is 15.1. The van der Waals surface area contributed by atoms with Crippen molar-refractivity contribution in [3.63, 3.8) is 0 Å². The van der Waals surface area contributed by atoms with E-state index in [9.17, 15) is 0 Å². The molecule has 0 unspecified atom stereocenters. The van der Waals surface area contributed by atoms with E-state index in [0.29, 0.717) is 11.8 Å². The van der Waals surface area contributed by atoms with Crippen LogP contribution in [0.15, 0.2) is 41.7 Å². The average molecular weight is 332 g/mol. The molecule has 2 heterocycles. The molecule has 0 saturated heterocycles. The third-order valence-electron chi connectivity index (χ3n) is 3.06. The van der Waals surface area contributed by atoms with Gasteiger partial charge in [-0.1, -0.05) is 53.4 Å². The quantitative estimate of drug-likeness (QED) is 0.645. The number of rotatable bonds is 6. The van der Waals surface area contributed by atoms with E-state index in [1.165, 1.54) is 16.9 Å². The number of aromatic nitrogens is 4. The first-order chi connectivity index (χ1) is 10.8. The first-order valence-electron chi connectivity index (χ1n) is 6.93. The molecule has 0 saturated carbocycles. The number of ether oxygens (including phenoxy) is 1. The predicted molar refractivity (Wildman–Crippen MR) is 89.3 cm³/mol. The van der Waals surface area contributed by atoms with E-state index in [2.05, 4.69) is 31.9 Å². The van der Waals surface area contributed by atoms with E-state index in [4.69, 9.17) is 4.74 Å². The number of imidazole rings is 1. The molecule has 0 aliphatic heterocycles. The molecule has 0 aliphatic carbocycles. The fourth-order valence-corrected chi connectivity index (χ4v) is 3.69. The van der Waals surface area contributed by atoms with E-state index < -0.39 is 0 Å². The maximum atomic E-state index is 5.34. The molecule has 0 atom stereocenters. The van der Waals surface area contributed by atoms with Crippen molar-refractivity contribution in [1.29, 1.82) is 0 Å². The van der Waals surface area contributed by atoms with Crippen molar-refractivity contribution < 1.29 is 4.74 Å². The Morgan fingerprint density at radius 2 is 2.05 bits per heavy atom. The van der Waals surface area contributed by atoms with E-state index in [1.54, 1.807) is 11.8 Å². The van der Waals surface area contributed by atoms with Crippen LogP contribution in [0.4, 0.5) is 0 Å². The highest BCUT2D eigenvalue weighted by Crippen LogP contribution is 2.28. The highest BCUT2D eigenvalue weighted by molar-refractivity contribution is 7.98. The molecule has 0 amide bonds. The molecule has 22 heavy (non-hydrogen) atoms. The van der Waals surface area contributed by atoms with Crippen LogP contribution in [0, 0.1) is 0 Å². The summed E-state index contributed by atoms with van der Waals surface area (Å²) in [4.78, 5) is 4.50. The molecule has 3 aromatic rings. The number of benzene rings is 1. The van der Waals surface area contributed by atoms with Gasteiger partial charge in [0.1, 0.15) is 5.01 Å². The summed E-state index contributed by atoms with van der Waals surface area (Å²) in [6.45, 7) is 2.55. The summed E-state index contributed by atoms with van der Waals surface area (Å²) in [6, 6.07) is 10.3.